The van der Waals surface area contributed by atoms with Gasteiger partial charge in [-0.2, -0.15) is 0 Å². The summed E-state index contributed by atoms with van der Waals surface area (Å²) in [7, 11) is 0. The molecule has 0 aliphatic rings. The SMILES string of the molecule is O=C(Nc1ccc(SC(C(=O)Nc2ccc(Br)cc2)c2ccccc2)cc1)/C(=C/c1ccc(-c2ccccc2)cc1)NC(=O)c1ccccc1. The van der Waals surface area contributed by atoms with Crippen LogP contribution in [0.5, 0.6) is 0 Å². The number of hydrogen-bond donors (Lipinski definition) is 3. The van der Waals surface area contributed by atoms with E-state index in [1.807, 2.05) is 127 Å². The van der Waals surface area contributed by atoms with Gasteiger partial charge in [-0.25, -0.2) is 0 Å². The molecule has 0 spiro atoms. The molecule has 3 N–H and O–H groups in total. The van der Waals surface area contributed by atoms with E-state index in [9.17, 15) is 14.4 Å². The van der Waals surface area contributed by atoms with Gasteiger partial charge in [-0.05, 0) is 89.0 Å². The maximum Gasteiger partial charge on any atom is 0.272 e. The highest BCUT2D eigenvalue weighted by molar-refractivity contribution is 9.10. The first-order valence-corrected chi connectivity index (χ1v) is 17.5. The first-order valence-electron chi connectivity index (χ1n) is 15.8. The van der Waals surface area contributed by atoms with Gasteiger partial charge in [0.05, 0.1) is 0 Å². The Kier molecular flexibility index (Phi) is 11.4. The summed E-state index contributed by atoms with van der Waals surface area (Å²) in [4.78, 5) is 41.1. The number of anilines is 2. The van der Waals surface area contributed by atoms with E-state index in [1.165, 1.54) is 11.8 Å². The normalized spacial score (nSPS) is 11.7. The number of carbonyl (C=O) groups is 3. The minimum atomic E-state index is -0.517. The van der Waals surface area contributed by atoms with Crippen LogP contribution in [0.15, 0.2) is 179 Å². The number of hydrogen-bond acceptors (Lipinski definition) is 4. The van der Waals surface area contributed by atoms with Crippen molar-refractivity contribution in [2.75, 3.05) is 10.6 Å². The summed E-state index contributed by atoms with van der Waals surface area (Å²) in [5.74, 6) is -1.02. The van der Waals surface area contributed by atoms with Crippen molar-refractivity contribution >= 4 is 62.9 Å². The quantitative estimate of drug-likeness (QED) is 0.0913. The van der Waals surface area contributed by atoms with Crippen molar-refractivity contribution in [3.8, 4) is 11.1 Å². The zero-order valence-corrected chi connectivity index (χ0v) is 29.2. The van der Waals surface area contributed by atoms with E-state index in [0.29, 0.717) is 16.9 Å². The molecule has 6 aromatic carbocycles. The van der Waals surface area contributed by atoms with Crippen molar-refractivity contribution < 1.29 is 14.4 Å². The molecule has 0 bridgehead atoms. The van der Waals surface area contributed by atoms with Gasteiger partial charge in [-0.3, -0.25) is 14.4 Å². The third kappa shape index (κ3) is 9.25. The number of benzene rings is 6. The minimum Gasteiger partial charge on any atom is -0.325 e. The van der Waals surface area contributed by atoms with Gasteiger partial charge in [0.15, 0.2) is 0 Å². The van der Waals surface area contributed by atoms with Crippen LogP contribution < -0.4 is 16.0 Å². The highest BCUT2D eigenvalue weighted by Crippen LogP contribution is 2.37. The Labute approximate surface area is 303 Å². The number of thioether (sulfide) groups is 1. The molecule has 6 rings (SSSR count). The maximum absolute atomic E-state index is 13.6. The van der Waals surface area contributed by atoms with Gasteiger partial charge in [0.2, 0.25) is 5.91 Å². The molecule has 0 aliphatic heterocycles. The fourth-order valence-electron chi connectivity index (χ4n) is 5.10. The monoisotopic (exact) mass is 737 g/mol. The standard InChI is InChI=1S/C42H32BrN3O3S/c43-34-20-22-35(23-21-34)45-42(49)39(32-12-6-2-7-13-32)50-37-26-24-36(25-27-37)44-41(48)38(46-40(47)33-14-8-3-9-15-33)28-29-16-18-31(19-17-29)30-10-4-1-5-11-30/h1-28,39H,(H,44,48)(H,45,49)(H,46,47)/b38-28-. The second-order valence-electron chi connectivity index (χ2n) is 11.2. The average molecular weight is 739 g/mol. The second-order valence-corrected chi connectivity index (χ2v) is 13.3. The van der Waals surface area contributed by atoms with Crippen molar-refractivity contribution in [2.24, 2.45) is 0 Å². The summed E-state index contributed by atoms with van der Waals surface area (Å²) in [5, 5.41) is 8.21. The molecule has 1 unspecified atom stereocenters. The Morgan fingerprint density at radius 3 is 1.76 bits per heavy atom. The molecule has 6 aromatic rings. The molecular weight excluding hydrogens is 706 g/mol. The van der Waals surface area contributed by atoms with Crippen LogP contribution in [0.4, 0.5) is 11.4 Å². The highest BCUT2D eigenvalue weighted by atomic mass is 79.9. The summed E-state index contributed by atoms with van der Waals surface area (Å²) in [6, 6.07) is 50.9. The summed E-state index contributed by atoms with van der Waals surface area (Å²) in [6.45, 7) is 0. The zero-order valence-electron chi connectivity index (χ0n) is 26.8. The molecule has 0 aromatic heterocycles. The van der Waals surface area contributed by atoms with Crippen LogP contribution in [0.1, 0.15) is 26.7 Å². The predicted octanol–water partition coefficient (Wildman–Crippen LogP) is 10.00. The van der Waals surface area contributed by atoms with Gasteiger partial charge in [-0.1, -0.05) is 119 Å². The lowest BCUT2D eigenvalue weighted by atomic mass is 10.0. The largest absolute Gasteiger partial charge is 0.325 e. The molecule has 0 radical (unpaired) electrons. The molecule has 0 heterocycles. The second kappa shape index (κ2) is 16.6. The van der Waals surface area contributed by atoms with Crippen molar-refractivity contribution in [1.82, 2.24) is 5.32 Å². The van der Waals surface area contributed by atoms with Crippen LogP contribution in [-0.4, -0.2) is 17.7 Å². The minimum absolute atomic E-state index is 0.0959. The molecule has 50 heavy (non-hydrogen) atoms. The Bertz CT molecular complexity index is 2090. The van der Waals surface area contributed by atoms with Crippen LogP contribution in [0, 0.1) is 0 Å². The molecule has 1 atom stereocenters. The fraction of sp³-hybridized carbons (Fsp3) is 0.0238. The molecule has 246 valence electrons. The Morgan fingerprint density at radius 2 is 1.12 bits per heavy atom. The van der Waals surface area contributed by atoms with E-state index >= 15 is 0 Å². The summed E-state index contributed by atoms with van der Waals surface area (Å²) >= 11 is 4.84. The van der Waals surface area contributed by atoms with Gasteiger partial charge >= 0.3 is 0 Å². The van der Waals surface area contributed by atoms with Crippen LogP contribution in [0.3, 0.4) is 0 Å². The Hall–Kier alpha value is -5.70. The lowest BCUT2D eigenvalue weighted by molar-refractivity contribution is -0.116. The van der Waals surface area contributed by atoms with Crippen LogP contribution >= 0.6 is 27.7 Å². The van der Waals surface area contributed by atoms with Gasteiger partial charge < -0.3 is 16.0 Å². The van der Waals surface area contributed by atoms with E-state index in [4.69, 9.17) is 0 Å². The Morgan fingerprint density at radius 1 is 0.580 bits per heavy atom. The van der Waals surface area contributed by atoms with Crippen molar-refractivity contribution in [1.29, 1.82) is 0 Å². The van der Waals surface area contributed by atoms with Gasteiger partial charge in [0, 0.05) is 26.3 Å². The van der Waals surface area contributed by atoms with Gasteiger partial charge in [-0.15, -0.1) is 11.8 Å². The number of rotatable bonds is 11. The lowest BCUT2D eigenvalue weighted by Crippen LogP contribution is -2.30. The topological polar surface area (TPSA) is 87.3 Å². The van der Waals surface area contributed by atoms with Crippen molar-refractivity contribution in [3.63, 3.8) is 0 Å². The average Bonchev–Trinajstić information content (AvgIpc) is 3.16. The van der Waals surface area contributed by atoms with E-state index < -0.39 is 17.1 Å². The lowest BCUT2D eigenvalue weighted by Gasteiger charge is -2.17. The van der Waals surface area contributed by atoms with E-state index in [-0.39, 0.29) is 11.6 Å². The fourth-order valence-corrected chi connectivity index (χ4v) is 6.39. The number of nitrogens with one attached hydrogen (secondary N) is 3. The highest BCUT2D eigenvalue weighted by Gasteiger charge is 2.22. The van der Waals surface area contributed by atoms with Crippen molar-refractivity contribution in [3.05, 3.63) is 191 Å². The zero-order chi connectivity index (χ0) is 34.7. The number of carbonyl (C=O) groups excluding carboxylic acids is 3. The summed E-state index contributed by atoms with van der Waals surface area (Å²) in [5.41, 5.74) is 5.51. The number of halogens is 1. The summed E-state index contributed by atoms with van der Waals surface area (Å²) in [6.07, 6.45) is 1.66. The molecule has 0 saturated carbocycles. The molecule has 0 fully saturated rings. The maximum atomic E-state index is 13.6. The molecule has 0 saturated heterocycles. The molecule has 0 aliphatic carbocycles. The van der Waals surface area contributed by atoms with Crippen LogP contribution in [-0.2, 0) is 9.59 Å². The van der Waals surface area contributed by atoms with Crippen molar-refractivity contribution in [2.45, 2.75) is 10.1 Å². The Balaban J connectivity index is 1.19. The molecule has 6 nitrogen and oxygen atoms in total. The van der Waals surface area contributed by atoms with Gasteiger partial charge in [0.1, 0.15) is 10.9 Å². The van der Waals surface area contributed by atoms with E-state index in [2.05, 4.69) is 31.9 Å². The molecule has 8 heteroatoms. The van der Waals surface area contributed by atoms with Gasteiger partial charge in [0.25, 0.3) is 11.8 Å². The third-order valence-corrected chi connectivity index (χ3v) is 9.47. The first kappa shape index (κ1) is 34.2. The number of amides is 3. The molecule has 3 amide bonds. The predicted molar refractivity (Wildman–Crippen MR) is 207 cm³/mol. The smallest absolute Gasteiger partial charge is 0.272 e. The van der Waals surface area contributed by atoms with E-state index in [1.54, 1.807) is 42.5 Å². The first-order chi connectivity index (χ1) is 24.4. The molecular formula is C42H32BrN3O3S. The van der Waals surface area contributed by atoms with E-state index in [0.717, 1.165) is 31.6 Å². The summed E-state index contributed by atoms with van der Waals surface area (Å²) < 4.78 is 0.926. The third-order valence-electron chi connectivity index (χ3n) is 7.68. The van der Waals surface area contributed by atoms with Crippen LogP contribution in [0.25, 0.3) is 17.2 Å². The van der Waals surface area contributed by atoms with Crippen LogP contribution in [0.2, 0.25) is 0 Å².